The number of halogens is 3. The summed E-state index contributed by atoms with van der Waals surface area (Å²) in [6.45, 7) is 4.43. The maximum Gasteiger partial charge on any atom is 0.162 e. The molecule has 154 valence electrons. The molecule has 0 fully saturated rings. The highest BCUT2D eigenvalue weighted by atomic mass is 79.9. The third-order valence-corrected chi connectivity index (χ3v) is 5.96. The van der Waals surface area contributed by atoms with Crippen LogP contribution in [0, 0.1) is 0 Å². The smallest absolute Gasteiger partial charge is 0.162 e. The van der Waals surface area contributed by atoms with Gasteiger partial charge < -0.3 is 14.8 Å². The van der Waals surface area contributed by atoms with Crippen LogP contribution in [0.2, 0.25) is 10.0 Å². The Kier molecular flexibility index (Phi) is 10.5. The van der Waals surface area contributed by atoms with Crippen molar-refractivity contribution in [1.82, 2.24) is 5.32 Å². The van der Waals surface area contributed by atoms with Crippen LogP contribution in [-0.2, 0) is 13.2 Å². The van der Waals surface area contributed by atoms with E-state index in [1.165, 1.54) is 32.1 Å². The normalized spacial score (nSPS) is 10.9. The van der Waals surface area contributed by atoms with Crippen LogP contribution >= 0.6 is 39.1 Å². The molecule has 6 heteroatoms. The number of unbranched alkanes of at least 4 members (excludes halogenated alkanes) is 4. The van der Waals surface area contributed by atoms with Crippen molar-refractivity contribution < 1.29 is 9.47 Å². The molecule has 28 heavy (non-hydrogen) atoms. The Morgan fingerprint density at radius 2 is 1.75 bits per heavy atom. The van der Waals surface area contributed by atoms with Gasteiger partial charge in [0, 0.05) is 11.0 Å². The van der Waals surface area contributed by atoms with Crippen molar-refractivity contribution in [2.75, 3.05) is 13.7 Å². The first-order valence-electron chi connectivity index (χ1n) is 9.69. The lowest BCUT2D eigenvalue weighted by atomic mass is 10.1. The van der Waals surface area contributed by atoms with E-state index in [9.17, 15) is 0 Å². The lowest BCUT2D eigenvalue weighted by molar-refractivity contribution is 0.284. The molecule has 0 aliphatic carbocycles. The molecule has 0 radical (unpaired) electrons. The SMILES string of the molecule is CCCCCCCNCc1cc(OC)c(OCc2ccc(Cl)c(Cl)c2)cc1Br. The predicted octanol–water partition coefficient (Wildman–Crippen LogP) is 7.40. The number of ether oxygens (including phenoxy) is 2. The largest absolute Gasteiger partial charge is 0.493 e. The molecule has 0 unspecified atom stereocenters. The second-order valence-corrected chi connectivity index (χ2v) is 8.39. The van der Waals surface area contributed by atoms with Crippen molar-refractivity contribution in [3.63, 3.8) is 0 Å². The highest BCUT2D eigenvalue weighted by molar-refractivity contribution is 9.10. The van der Waals surface area contributed by atoms with Gasteiger partial charge in [0.1, 0.15) is 6.61 Å². The summed E-state index contributed by atoms with van der Waals surface area (Å²) < 4.78 is 12.5. The first-order chi connectivity index (χ1) is 13.5. The molecule has 2 aromatic carbocycles. The summed E-state index contributed by atoms with van der Waals surface area (Å²) in [6, 6.07) is 9.44. The summed E-state index contributed by atoms with van der Waals surface area (Å²) in [7, 11) is 1.65. The Bertz CT molecular complexity index is 756. The van der Waals surface area contributed by atoms with Crippen molar-refractivity contribution in [2.24, 2.45) is 0 Å². The van der Waals surface area contributed by atoms with E-state index >= 15 is 0 Å². The molecule has 0 bridgehead atoms. The van der Waals surface area contributed by atoms with Gasteiger partial charge in [0.15, 0.2) is 11.5 Å². The molecule has 0 heterocycles. The Labute approximate surface area is 186 Å². The fourth-order valence-electron chi connectivity index (χ4n) is 2.85. The molecule has 0 saturated carbocycles. The zero-order chi connectivity index (χ0) is 20.4. The number of benzene rings is 2. The first-order valence-corrected chi connectivity index (χ1v) is 11.2. The zero-order valence-electron chi connectivity index (χ0n) is 16.5. The summed E-state index contributed by atoms with van der Waals surface area (Å²) in [6.07, 6.45) is 6.42. The van der Waals surface area contributed by atoms with Gasteiger partial charge in [-0.05, 0) is 48.4 Å². The van der Waals surface area contributed by atoms with Gasteiger partial charge in [0.2, 0.25) is 0 Å². The molecule has 0 aliphatic rings. The minimum Gasteiger partial charge on any atom is -0.493 e. The molecule has 0 saturated heterocycles. The van der Waals surface area contributed by atoms with Crippen molar-refractivity contribution >= 4 is 39.1 Å². The van der Waals surface area contributed by atoms with Crippen LogP contribution in [0.5, 0.6) is 11.5 Å². The molecular weight excluding hydrogens is 461 g/mol. The number of nitrogens with one attached hydrogen (secondary N) is 1. The molecule has 3 nitrogen and oxygen atoms in total. The van der Waals surface area contributed by atoms with E-state index in [1.54, 1.807) is 13.2 Å². The van der Waals surface area contributed by atoms with Crippen molar-refractivity contribution in [3.8, 4) is 11.5 Å². The van der Waals surface area contributed by atoms with Gasteiger partial charge in [-0.15, -0.1) is 0 Å². The van der Waals surface area contributed by atoms with Gasteiger partial charge in [-0.1, -0.05) is 77.8 Å². The summed E-state index contributed by atoms with van der Waals surface area (Å²) in [4.78, 5) is 0. The van der Waals surface area contributed by atoms with Gasteiger partial charge in [0.05, 0.1) is 17.2 Å². The van der Waals surface area contributed by atoms with Crippen LogP contribution in [0.15, 0.2) is 34.8 Å². The highest BCUT2D eigenvalue weighted by Gasteiger charge is 2.11. The highest BCUT2D eigenvalue weighted by Crippen LogP contribution is 2.34. The van der Waals surface area contributed by atoms with Crippen LogP contribution < -0.4 is 14.8 Å². The fourth-order valence-corrected chi connectivity index (χ4v) is 3.64. The zero-order valence-corrected chi connectivity index (χ0v) is 19.6. The van der Waals surface area contributed by atoms with E-state index in [0.29, 0.717) is 28.2 Å². The van der Waals surface area contributed by atoms with E-state index in [4.69, 9.17) is 32.7 Å². The fraction of sp³-hybridized carbons (Fsp3) is 0.455. The molecule has 0 atom stereocenters. The van der Waals surface area contributed by atoms with E-state index in [1.807, 2.05) is 24.3 Å². The molecule has 0 aromatic heterocycles. The molecule has 0 aliphatic heterocycles. The van der Waals surface area contributed by atoms with Gasteiger partial charge in [0.25, 0.3) is 0 Å². The van der Waals surface area contributed by atoms with Crippen molar-refractivity contribution in [2.45, 2.75) is 52.2 Å². The predicted molar refractivity (Wildman–Crippen MR) is 122 cm³/mol. The average molecular weight is 489 g/mol. The Morgan fingerprint density at radius 1 is 0.964 bits per heavy atom. The van der Waals surface area contributed by atoms with E-state index in [2.05, 4.69) is 28.2 Å². The molecule has 2 aromatic rings. The lowest BCUT2D eigenvalue weighted by Crippen LogP contribution is -2.15. The second kappa shape index (κ2) is 12.6. The van der Waals surface area contributed by atoms with Crippen molar-refractivity contribution in [1.29, 1.82) is 0 Å². The number of rotatable bonds is 12. The summed E-state index contributed by atoms with van der Waals surface area (Å²) in [5, 5.41) is 4.56. The molecular formula is C22H28BrCl2NO2. The third-order valence-electron chi connectivity index (χ3n) is 4.48. The van der Waals surface area contributed by atoms with Gasteiger partial charge in [-0.2, -0.15) is 0 Å². The summed E-state index contributed by atoms with van der Waals surface area (Å²) in [5.41, 5.74) is 2.09. The van der Waals surface area contributed by atoms with Crippen LogP contribution in [0.4, 0.5) is 0 Å². The van der Waals surface area contributed by atoms with Gasteiger partial charge in [-0.25, -0.2) is 0 Å². The Balaban J connectivity index is 1.91. The quantitative estimate of drug-likeness (QED) is 0.315. The maximum absolute atomic E-state index is 6.07. The van der Waals surface area contributed by atoms with Gasteiger partial charge in [-0.3, -0.25) is 0 Å². The standard InChI is InChI=1S/C22H28BrCl2NO2/c1-3-4-5-6-7-10-26-14-17-12-21(27-2)22(13-18(17)23)28-15-16-8-9-19(24)20(25)11-16/h8-9,11-13,26H,3-7,10,14-15H2,1-2H3. The third kappa shape index (κ3) is 7.47. The Morgan fingerprint density at radius 3 is 2.46 bits per heavy atom. The molecule has 0 amide bonds. The van der Waals surface area contributed by atoms with Crippen LogP contribution in [0.25, 0.3) is 0 Å². The number of hydrogen-bond acceptors (Lipinski definition) is 3. The molecule has 2 rings (SSSR count). The minimum atomic E-state index is 0.384. The second-order valence-electron chi connectivity index (χ2n) is 6.72. The first kappa shape index (κ1) is 23.3. The van der Waals surface area contributed by atoms with E-state index in [0.717, 1.165) is 28.7 Å². The maximum atomic E-state index is 6.07. The van der Waals surface area contributed by atoms with Crippen LogP contribution in [0.3, 0.4) is 0 Å². The number of hydrogen-bond donors (Lipinski definition) is 1. The Hall–Kier alpha value is -0.940. The monoisotopic (exact) mass is 487 g/mol. The number of methoxy groups -OCH3 is 1. The van der Waals surface area contributed by atoms with Crippen LogP contribution in [0.1, 0.15) is 50.2 Å². The van der Waals surface area contributed by atoms with E-state index in [-0.39, 0.29) is 0 Å². The van der Waals surface area contributed by atoms with Crippen molar-refractivity contribution in [3.05, 3.63) is 56.0 Å². The summed E-state index contributed by atoms with van der Waals surface area (Å²) in [5.74, 6) is 1.40. The molecule has 1 N–H and O–H groups in total. The summed E-state index contributed by atoms with van der Waals surface area (Å²) >= 11 is 15.7. The average Bonchev–Trinajstić information content (AvgIpc) is 2.69. The minimum absolute atomic E-state index is 0.384. The lowest BCUT2D eigenvalue weighted by Gasteiger charge is -2.15. The molecule has 0 spiro atoms. The van der Waals surface area contributed by atoms with E-state index < -0.39 is 0 Å². The topological polar surface area (TPSA) is 30.5 Å². The van der Waals surface area contributed by atoms with Gasteiger partial charge >= 0.3 is 0 Å². The van der Waals surface area contributed by atoms with Crippen LogP contribution in [-0.4, -0.2) is 13.7 Å².